The topological polar surface area (TPSA) is 107 Å². The normalized spacial score (nSPS) is 11.0. The second kappa shape index (κ2) is 7.84. The first-order valence-corrected chi connectivity index (χ1v) is 9.76. The van der Waals surface area contributed by atoms with Gasteiger partial charge in [-0.2, -0.15) is 5.10 Å². The number of nitrogens with one attached hydrogen (secondary N) is 2. The van der Waals surface area contributed by atoms with Crippen LogP contribution in [0.5, 0.6) is 0 Å². The number of fused-ring (bicyclic) bond motifs is 1. The van der Waals surface area contributed by atoms with E-state index in [1.54, 1.807) is 4.68 Å². The van der Waals surface area contributed by atoms with Gasteiger partial charge in [0.2, 0.25) is 11.9 Å². The Morgan fingerprint density at radius 3 is 2.72 bits per heavy atom. The Bertz CT molecular complexity index is 1140. The van der Waals surface area contributed by atoms with Crippen LogP contribution in [0.15, 0.2) is 42.7 Å². The molecule has 10 heteroatoms. The van der Waals surface area contributed by atoms with Gasteiger partial charge in [-0.05, 0) is 18.6 Å². The number of thiophene rings is 1. The van der Waals surface area contributed by atoms with Crippen molar-refractivity contribution in [2.45, 2.75) is 20.0 Å². The summed E-state index contributed by atoms with van der Waals surface area (Å²) in [4.78, 5) is 30.1. The zero-order valence-corrected chi connectivity index (χ0v) is 16.7. The van der Waals surface area contributed by atoms with Gasteiger partial charge in [-0.25, -0.2) is 9.67 Å². The van der Waals surface area contributed by atoms with E-state index in [0.717, 1.165) is 21.5 Å². The summed E-state index contributed by atoms with van der Waals surface area (Å²) in [7, 11) is 1.85. The molecule has 2 N–H and O–H groups in total. The number of hydrogen-bond donors (Lipinski definition) is 2. The largest absolute Gasteiger partial charge is 0.350 e. The van der Waals surface area contributed by atoms with Crippen LogP contribution in [0.2, 0.25) is 0 Å². The summed E-state index contributed by atoms with van der Waals surface area (Å²) >= 11 is 1.36. The smallest absolute Gasteiger partial charge is 0.268 e. The molecule has 0 bridgehead atoms. The van der Waals surface area contributed by atoms with Gasteiger partial charge >= 0.3 is 0 Å². The van der Waals surface area contributed by atoms with Gasteiger partial charge in [0.1, 0.15) is 17.7 Å². The fourth-order valence-corrected chi connectivity index (χ4v) is 3.93. The number of amides is 2. The van der Waals surface area contributed by atoms with E-state index in [-0.39, 0.29) is 24.3 Å². The molecule has 0 aliphatic heterocycles. The molecule has 2 amide bonds. The highest BCUT2D eigenvalue weighted by molar-refractivity contribution is 7.20. The van der Waals surface area contributed by atoms with Gasteiger partial charge in [0.15, 0.2) is 0 Å². The Hall–Kier alpha value is -3.53. The summed E-state index contributed by atoms with van der Waals surface area (Å²) in [6.45, 7) is 2.37. The van der Waals surface area contributed by atoms with E-state index in [0.29, 0.717) is 11.4 Å². The average molecular weight is 409 g/mol. The number of hydrogen-bond acceptors (Lipinski definition) is 6. The van der Waals surface area contributed by atoms with Crippen LogP contribution >= 0.6 is 11.3 Å². The average Bonchev–Trinajstić information content (AvgIpc) is 3.39. The molecule has 0 atom stereocenters. The van der Waals surface area contributed by atoms with Crippen molar-refractivity contribution in [1.29, 1.82) is 0 Å². The van der Waals surface area contributed by atoms with Gasteiger partial charge in [-0.3, -0.25) is 19.6 Å². The van der Waals surface area contributed by atoms with Crippen molar-refractivity contribution in [3.63, 3.8) is 0 Å². The SMILES string of the molecule is Cc1nn(C)c2sc(C(=O)Nc3ncn(CC(=O)NCc4ccccc4)n3)cc12. The zero-order chi connectivity index (χ0) is 20.4. The number of aromatic nitrogens is 5. The molecule has 0 spiro atoms. The number of benzene rings is 1. The van der Waals surface area contributed by atoms with E-state index in [4.69, 9.17) is 0 Å². The molecule has 4 aromatic rings. The number of nitrogens with zero attached hydrogens (tertiary/aromatic N) is 5. The number of anilines is 1. The molecule has 3 aromatic heterocycles. The number of carbonyl (C=O) groups is 2. The predicted octanol–water partition coefficient (Wildman–Crippen LogP) is 2.10. The quantitative estimate of drug-likeness (QED) is 0.507. The Morgan fingerprint density at radius 2 is 1.97 bits per heavy atom. The first kappa shape index (κ1) is 18.8. The number of aryl methyl sites for hydroxylation is 2. The second-order valence-electron chi connectivity index (χ2n) is 6.52. The maximum absolute atomic E-state index is 12.5. The summed E-state index contributed by atoms with van der Waals surface area (Å²) < 4.78 is 3.14. The van der Waals surface area contributed by atoms with Crippen molar-refractivity contribution in [1.82, 2.24) is 29.9 Å². The van der Waals surface area contributed by atoms with Crippen LogP contribution in [0.3, 0.4) is 0 Å². The first-order valence-electron chi connectivity index (χ1n) is 8.94. The highest BCUT2D eigenvalue weighted by atomic mass is 32.1. The third kappa shape index (κ3) is 4.16. The summed E-state index contributed by atoms with van der Waals surface area (Å²) in [5, 5.41) is 14.9. The van der Waals surface area contributed by atoms with Crippen molar-refractivity contribution in [2.75, 3.05) is 5.32 Å². The molecular formula is C19H19N7O2S. The lowest BCUT2D eigenvalue weighted by molar-refractivity contribution is -0.122. The minimum absolute atomic E-state index is 0.0173. The number of rotatable bonds is 6. The van der Waals surface area contributed by atoms with Gasteiger partial charge in [0.05, 0.1) is 10.6 Å². The van der Waals surface area contributed by atoms with E-state index in [1.165, 1.54) is 22.3 Å². The third-order valence-corrected chi connectivity index (χ3v) is 5.52. The molecule has 0 aliphatic rings. The molecule has 0 unspecified atom stereocenters. The van der Waals surface area contributed by atoms with E-state index in [2.05, 4.69) is 25.8 Å². The lowest BCUT2D eigenvalue weighted by atomic mass is 10.2. The minimum Gasteiger partial charge on any atom is -0.350 e. The molecule has 1 aromatic carbocycles. The standard InChI is InChI=1S/C19H19N7O2S/c1-12-14-8-15(29-18(14)25(2)23-12)17(28)22-19-21-11-26(24-19)10-16(27)20-9-13-6-4-3-5-7-13/h3-8,11H,9-10H2,1-2H3,(H,20,27)(H,22,24,28). The van der Waals surface area contributed by atoms with Crippen LogP contribution in [-0.2, 0) is 24.9 Å². The minimum atomic E-state index is -0.295. The molecule has 0 saturated heterocycles. The molecule has 0 aliphatic carbocycles. The Labute approximate surface area is 170 Å². The van der Waals surface area contributed by atoms with Gasteiger partial charge < -0.3 is 5.32 Å². The summed E-state index contributed by atoms with van der Waals surface area (Å²) in [5.74, 6) is -0.334. The van der Waals surface area contributed by atoms with Crippen LogP contribution in [0.1, 0.15) is 20.9 Å². The summed E-state index contributed by atoms with van der Waals surface area (Å²) in [6.07, 6.45) is 1.41. The summed E-state index contributed by atoms with van der Waals surface area (Å²) in [5.41, 5.74) is 1.89. The van der Waals surface area contributed by atoms with Crippen LogP contribution in [-0.4, -0.2) is 36.4 Å². The molecule has 3 heterocycles. The Balaban J connectivity index is 1.35. The molecule has 29 heavy (non-hydrogen) atoms. The Kier molecular flexibility index (Phi) is 5.09. The van der Waals surface area contributed by atoms with Crippen molar-refractivity contribution < 1.29 is 9.59 Å². The molecule has 0 radical (unpaired) electrons. The lowest BCUT2D eigenvalue weighted by Crippen LogP contribution is -2.27. The molecule has 0 fully saturated rings. The van der Waals surface area contributed by atoms with Crippen molar-refractivity contribution in [3.05, 3.63) is 58.9 Å². The number of carbonyl (C=O) groups excluding carboxylic acids is 2. The van der Waals surface area contributed by atoms with Gasteiger partial charge in [0.25, 0.3) is 5.91 Å². The van der Waals surface area contributed by atoms with Crippen LogP contribution in [0, 0.1) is 6.92 Å². The van der Waals surface area contributed by atoms with Crippen LogP contribution < -0.4 is 10.6 Å². The fourth-order valence-electron chi connectivity index (χ4n) is 2.91. The van der Waals surface area contributed by atoms with Crippen molar-refractivity contribution >= 4 is 39.3 Å². The van der Waals surface area contributed by atoms with Crippen LogP contribution in [0.4, 0.5) is 5.95 Å². The molecule has 4 rings (SSSR count). The maximum atomic E-state index is 12.5. The highest BCUT2D eigenvalue weighted by Crippen LogP contribution is 2.27. The monoisotopic (exact) mass is 409 g/mol. The van der Waals surface area contributed by atoms with Crippen molar-refractivity contribution in [2.24, 2.45) is 7.05 Å². The highest BCUT2D eigenvalue weighted by Gasteiger charge is 2.16. The first-order chi connectivity index (χ1) is 14.0. The van der Waals surface area contributed by atoms with Crippen LogP contribution in [0.25, 0.3) is 10.2 Å². The van der Waals surface area contributed by atoms with E-state index in [1.807, 2.05) is 50.4 Å². The zero-order valence-electron chi connectivity index (χ0n) is 15.9. The molecular weight excluding hydrogens is 390 g/mol. The second-order valence-corrected chi connectivity index (χ2v) is 7.55. The van der Waals surface area contributed by atoms with E-state index < -0.39 is 0 Å². The van der Waals surface area contributed by atoms with E-state index in [9.17, 15) is 9.59 Å². The van der Waals surface area contributed by atoms with Gasteiger partial charge in [-0.15, -0.1) is 16.4 Å². The third-order valence-electron chi connectivity index (χ3n) is 4.32. The van der Waals surface area contributed by atoms with E-state index >= 15 is 0 Å². The lowest BCUT2D eigenvalue weighted by Gasteiger charge is -2.05. The maximum Gasteiger partial charge on any atom is 0.268 e. The fraction of sp³-hybridized carbons (Fsp3) is 0.211. The predicted molar refractivity (Wildman–Crippen MR) is 110 cm³/mol. The molecule has 148 valence electrons. The van der Waals surface area contributed by atoms with Gasteiger partial charge in [0, 0.05) is 19.0 Å². The molecule has 0 saturated carbocycles. The van der Waals surface area contributed by atoms with Gasteiger partial charge in [-0.1, -0.05) is 30.3 Å². The Morgan fingerprint density at radius 1 is 1.17 bits per heavy atom. The summed E-state index contributed by atoms with van der Waals surface area (Å²) in [6, 6.07) is 11.5. The van der Waals surface area contributed by atoms with Crippen molar-refractivity contribution in [3.8, 4) is 0 Å². The molecule has 9 nitrogen and oxygen atoms in total.